The summed E-state index contributed by atoms with van der Waals surface area (Å²) < 4.78 is 0. The molecule has 19 heavy (non-hydrogen) atoms. The summed E-state index contributed by atoms with van der Waals surface area (Å²) in [5.74, 6) is 0.0327. The summed E-state index contributed by atoms with van der Waals surface area (Å²) in [5.41, 5.74) is 1.24. The summed E-state index contributed by atoms with van der Waals surface area (Å²) in [4.78, 5) is 17.1. The number of pyridine rings is 1. The van der Waals surface area contributed by atoms with Gasteiger partial charge in [-0.3, -0.25) is 0 Å². The fourth-order valence-electron chi connectivity index (χ4n) is 2.19. The molecular formula is C15H20N2O2. The van der Waals surface area contributed by atoms with Crippen molar-refractivity contribution in [3.8, 4) is 0 Å². The molecular weight excluding hydrogens is 240 g/mol. The topological polar surface area (TPSA) is 53.4 Å². The van der Waals surface area contributed by atoms with Gasteiger partial charge >= 0.3 is 5.97 Å². The second kappa shape index (κ2) is 5.43. The Morgan fingerprint density at radius 3 is 2.58 bits per heavy atom. The Morgan fingerprint density at radius 2 is 2.05 bits per heavy atom. The molecule has 0 unspecified atom stereocenters. The molecule has 0 atom stereocenters. The van der Waals surface area contributed by atoms with Crippen LogP contribution in [0.1, 0.15) is 32.3 Å². The molecule has 1 aliphatic rings. The molecule has 1 saturated heterocycles. The van der Waals surface area contributed by atoms with E-state index in [1.54, 1.807) is 12.3 Å². The molecule has 2 heterocycles. The quantitative estimate of drug-likeness (QED) is 0.849. The molecule has 2 rings (SSSR count). The SMILES string of the molecule is CC1(C)CCN(c2ccc(/C=C/C(=O)O)cn2)CC1. The lowest BCUT2D eigenvalue weighted by molar-refractivity contribution is -0.131. The zero-order valence-electron chi connectivity index (χ0n) is 11.5. The van der Waals surface area contributed by atoms with Gasteiger partial charge in [0, 0.05) is 25.4 Å². The maximum Gasteiger partial charge on any atom is 0.328 e. The fourth-order valence-corrected chi connectivity index (χ4v) is 2.19. The first-order valence-corrected chi connectivity index (χ1v) is 6.58. The van der Waals surface area contributed by atoms with Crippen molar-refractivity contribution in [1.82, 2.24) is 4.98 Å². The number of aromatic nitrogens is 1. The fraction of sp³-hybridized carbons (Fsp3) is 0.467. The van der Waals surface area contributed by atoms with Gasteiger partial charge in [0.05, 0.1) is 0 Å². The summed E-state index contributed by atoms with van der Waals surface area (Å²) in [6.07, 6.45) is 6.75. The second-order valence-electron chi connectivity index (χ2n) is 5.77. The number of carbonyl (C=O) groups is 1. The lowest BCUT2D eigenvalue weighted by atomic mass is 9.83. The largest absolute Gasteiger partial charge is 0.478 e. The van der Waals surface area contributed by atoms with Crippen LogP contribution in [0.2, 0.25) is 0 Å². The van der Waals surface area contributed by atoms with Crippen molar-refractivity contribution < 1.29 is 9.90 Å². The van der Waals surface area contributed by atoms with Crippen molar-refractivity contribution in [3.63, 3.8) is 0 Å². The Labute approximate surface area is 113 Å². The Morgan fingerprint density at radius 1 is 1.37 bits per heavy atom. The molecule has 1 aliphatic heterocycles. The van der Waals surface area contributed by atoms with Crippen molar-refractivity contribution in [2.45, 2.75) is 26.7 Å². The normalized spacial score (nSPS) is 18.7. The van der Waals surface area contributed by atoms with Crippen LogP contribution in [0.25, 0.3) is 6.08 Å². The van der Waals surface area contributed by atoms with Crippen LogP contribution < -0.4 is 4.90 Å². The van der Waals surface area contributed by atoms with Gasteiger partial charge in [-0.1, -0.05) is 13.8 Å². The summed E-state index contributed by atoms with van der Waals surface area (Å²) in [7, 11) is 0. The molecule has 0 aromatic carbocycles. The molecule has 0 amide bonds. The standard InChI is InChI=1S/C15H20N2O2/c1-15(2)7-9-17(10-8-15)13-5-3-12(11-16-13)4-6-14(18)19/h3-6,11H,7-10H2,1-2H3,(H,18,19)/b6-4+. The number of hydrogen-bond donors (Lipinski definition) is 1. The molecule has 1 aromatic rings. The molecule has 1 fully saturated rings. The minimum absolute atomic E-state index is 0.431. The molecule has 4 nitrogen and oxygen atoms in total. The maximum absolute atomic E-state index is 10.4. The first-order valence-electron chi connectivity index (χ1n) is 6.58. The Kier molecular flexibility index (Phi) is 3.88. The zero-order valence-corrected chi connectivity index (χ0v) is 11.5. The Hall–Kier alpha value is -1.84. The molecule has 0 radical (unpaired) electrons. The van der Waals surface area contributed by atoms with Crippen LogP contribution in [0.5, 0.6) is 0 Å². The highest BCUT2D eigenvalue weighted by atomic mass is 16.4. The number of carboxylic acid groups (broad SMARTS) is 1. The van der Waals surface area contributed by atoms with E-state index in [4.69, 9.17) is 5.11 Å². The van der Waals surface area contributed by atoms with Crippen molar-refractivity contribution in [1.29, 1.82) is 0 Å². The minimum atomic E-state index is -0.942. The maximum atomic E-state index is 10.4. The number of hydrogen-bond acceptors (Lipinski definition) is 3. The van der Waals surface area contributed by atoms with E-state index in [9.17, 15) is 4.79 Å². The number of piperidine rings is 1. The van der Waals surface area contributed by atoms with E-state index in [2.05, 4.69) is 23.7 Å². The highest BCUT2D eigenvalue weighted by Crippen LogP contribution is 2.31. The van der Waals surface area contributed by atoms with Gasteiger partial charge in [0.15, 0.2) is 0 Å². The third-order valence-corrected chi connectivity index (χ3v) is 3.63. The van der Waals surface area contributed by atoms with Crippen LogP contribution in [0, 0.1) is 5.41 Å². The van der Waals surface area contributed by atoms with Gasteiger partial charge < -0.3 is 10.0 Å². The number of carboxylic acids is 1. The molecule has 0 bridgehead atoms. The van der Waals surface area contributed by atoms with Gasteiger partial charge in [-0.15, -0.1) is 0 Å². The van der Waals surface area contributed by atoms with Crippen LogP contribution in [-0.2, 0) is 4.79 Å². The van der Waals surface area contributed by atoms with E-state index in [1.165, 1.54) is 12.8 Å². The van der Waals surface area contributed by atoms with Crippen molar-refractivity contribution in [2.24, 2.45) is 5.41 Å². The van der Waals surface area contributed by atoms with Gasteiger partial charge in [0.2, 0.25) is 0 Å². The number of rotatable bonds is 3. The monoisotopic (exact) mass is 260 g/mol. The van der Waals surface area contributed by atoms with Crippen LogP contribution in [0.15, 0.2) is 24.4 Å². The summed E-state index contributed by atoms with van der Waals surface area (Å²) in [6.45, 7) is 6.67. The summed E-state index contributed by atoms with van der Waals surface area (Å²) in [5, 5.41) is 8.57. The van der Waals surface area contributed by atoms with E-state index >= 15 is 0 Å². The van der Waals surface area contributed by atoms with Gasteiger partial charge in [-0.2, -0.15) is 0 Å². The van der Waals surface area contributed by atoms with E-state index in [0.717, 1.165) is 30.5 Å². The van der Waals surface area contributed by atoms with Gasteiger partial charge in [0.1, 0.15) is 5.82 Å². The Bertz CT molecular complexity index is 467. The smallest absolute Gasteiger partial charge is 0.328 e. The van der Waals surface area contributed by atoms with Crippen molar-refractivity contribution in [3.05, 3.63) is 30.0 Å². The molecule has 1 aromatic heterocycles. The molecule has 4 heteroatoms. The number of aliphatic carboxylic acids is 1. The van der Waals surface area contributed by atoms with E-state index in [0.29, 0.717) is 5.41 Å². The van der Waals surface area contributed by atoms with Crippen LogP contribution in [-0.4, -0.2) is 29.1 Å². The zero-order chi connectivity index (χ0) is 13.9. The number of nitrogens with zero attached hydrogens (tertiary/aromatic N) is 2. The summed E-state index contributed by atoms with van der Waals surface area (Å²) >= 11 is 0. The predicted molar refractivity (Wildman–Crippen MR) is 76.1 cm³/mol. The average molecular weight is 260 g/mol. The average Bonchev–Trinajstić information content (AvgIpc) is 2.37. The first-order chi connectivity index (χ1) is 8.96. The highest BCUT2D eigenvalue weighted by Gasteiger charge is 2.25. The van der Waals surface area contributed by atoms with Crippen LogP contribution >= 0.6 is 0 Å². The lowest BCUT2D eigenvalue weighted by Gasteiger charge is -2.37. The predicted octanol–water partition coefficient (Wildman–Crippen LogP) is 2.81. The highest BCUT2D eigenvalue weighted by molar-refractivity contribution is 5.85. The summed E-state index contributed by atoms with van der Waals surface area (Å²) in [6, 6.07) is 3.86. The van der Waals surface area contributed by atoms with Gasteiger partial charge in [0.25, 0.3) is 0 Å². The van der Waals surface area contributed by atoms with Crippen LogP contribution in [0.3, 0.4) is 0 Å². The third kappa shape index (κ3) is 3.81. The lowest BCUT2D eigenvalue weighted by Crippen LogP contribution is -2.37. The van der Waals surface area contributed by atoms with E-state index in [-0.39, 0.29) is 0 Å². The third-order valence-electron chi connectivity index (χ3n) is 3.63. The van der Waals surface area contributed by atoms with E-state index < -0.39 is 5.97 Å². The van der Waals surface area contributed by atoms with E-state index in [1.807, 2.05) is 12.1 Å². The molecule has 0 aliphatic carbocycles. The van der Waals surface area contributed by atoms with Gasteiger partial charge in [-0.25, -0.2) is 9.78 Å². The first kappa shape index (κ1) is 13.6. The number of anilines is 1. The molecule has 102 valence electrons. The second-order valence-corrected chi connectivity index (χ2v) is 5.77. The van der Waals surface area contributed by atoms with Gasteiger partial charge in [-0.05, 0) is 42.0 Å². The minimum Gasteiger partial charge on any atom is -0.478 e. The van der Waals surface area contributed by atoms with Crippen molar-refractivity contribution in [2.75, 3.05) is 18.0 Å². The molecule has 1 N–H and O–H groups in total. The van der Waals surface area contributed by atoms with Crippen LogP contribution in [0.4, 0.5) is 5.82 Å². The Balaban J connectivity index is 2.01. The molecule has 0 saturated carbocycles. The van der Waals surface area contributed by atoms with Crippen molar-refractivity contribution >= 4 is 17.9 Å². The molecule has 0 spiro atoms.